The fourth-order valence-electron chi connectivity index (χ4n) is 2.44. The predicted octanol–water partition coefficient (Wildman–Crippen LogP) is -0.0226. The lowest BCUT2D eigenvalue weighted by Crippen LogP contribution is -2.28. The van der Waals surface area contributed by atoms with Crippen molar-refractivity contribution in [3.8, 4) is 0 Å². The lowest BCUT2D eigenvalue weighted by Gasteiger charge is -2.10. The van der Waals surface area contributed by atoms with Gasteiger partial charge in [0.15, 0.2) is 0 Å². The number of nitrogens with two attached hydrogens (primary N) is 1. The standard InChI is InChI=1S/C11H15N5/c1-15-6-2-3-9-10(15)14-11(12)16(9)8-4-5-13-7-8/h2-3,6,8,12-13H,4-5,7H2,1H3/p+1. The molecule has 0 spiro atoms. The van der Waals surface area contributed by atoms with E-state index in [0.717, 1.165) is 30.7 Å². The molecule has 3 N–H and O–H groups in total. The molecule has 5 nitrogen and oxygen atoms in total. The topological polar surface area (TPSA) is 59.8 Å². The molecule has 5 heteroatoms. The molecule has 84 valence electrons. The molecule has 1 aliphatic rings. The second kappa shape index (κ2) is 3.45. The van der Waals surface area contributed by atoms with E-state index in [1.165, 1.54) is 0 Å². The highest BCUT2D eigenvalue weighted by Crippen LogP contribution is 2.24. The number of rotatable bonds is 1. The van der Waals surface area contributed by atoms with E-state index in [0.29, 0.717) is 12.0 Å². The summed E-state index contributed by atoms with van der Waals surface area (Å²) in [5.74, 6) is 0.616. The number of fused-ring (bicyclic) bond motifs is 1. The van der Waals surface area contributed by atoms with E-state index < -0.39 is 0 Å². The van der Waals surface area contributed by atoms with Gasteiger partial charge in [0.25, 0.3) is 0 Å². The Hall–Kier alpha value is -1.62. The van der Waals surface area contributed by atoms with Gasteiger partial charge < -0.3 is 11.1 Å². The van der Waals surface area contributed by atoms with E-state index in [9.17, 15) is 0 Å². The van der Waals surface area contributed by atoms with Crippen LogP contribution < -0.4 is 15.6 Å². The van der Waals surface area contributed by atoms with Gasteiger partial charge in [0.05, 0.1) is 19.3 Å². The Morgan fingerprint density at radius 2 is 2.50 bits per heavy atom. The van der Waals surface area contributed by atoms with Crippen LogP contribution in [0.25, 0.3) is 11.2 Å². The van der Waals surface area contributed by atoms with Gasteiger partial charge in [0.1, 0.15) is 5.52 Å². The minimum absolute atomic E-state index is 0.437. The molecule has 3 rings (SSSR count). The monoisotopic (exact) mass is 218 g/mol. The number of nitrogens with one attached hydrogen (secondary N) is 1. The normalized spacial score (nSPS) is 20.7. The van der Waals surface area contributed by atoms with Crippen LogP contribution in [-0.4, -0.2) is 22.6 Å². The first kappa shape index (κ1) is 9.59. The Morgan fingerprint density at radius 3 is 3.25 bits per heavy atom. The summed E-state index contributed by atoms with van der Waals surface area (Å²) in [6, 6.07) is 4.55. The molecule has 2 aromatic rings. The lowest BCUT2D eigenvalue weighted by molar-refractivity contribution is -0.646. The van der Waals surface area contributed by atoms with Crippen LogP contribution in [0.5, 0.6) is 0 Å². The van der Waals surface area contributed by atoms with Crippen molar-refractivity contribution >= 4 is 17.1 Å². The largest absolute Gasteiger partial charge is 0.351 e. The van der Waals surface area contributed by atoms with Crippen molar-refractivity contribution in [1.82, 2.24) is 14.9 Å². The van der Waals surface area contributed by atoms with Gasteiger partial charge in [0.2, 0.25) is 0 Å². The van der Waals surface area contributed by atoms with Crippen LogP contribution in [0, 0.1) is 0 Å². The van der Waals surface area contributed by atoms with Crippen LogP contribution in [-0.2, 0) is 7.05 Å². The summed E-state index contributed by atoms with van der Waals surface area (Å²) in [5, 5.41) is 3.36. The van der Waals surface area contributed by atoms with Gasteiger partial charge in [-0.15, -0.1) is 0 Å². The molecule has 1 saturated heterocycles. The summed E-state index contributed by atoms with van der Waals surface area (Å²) in [7, 11) is 1.99. The van der Waals surface area contributed by atoms with Crippen molar-refractivity contribution in [2.45, 2.75) is 12.5 Å². The van der Waals surface area contributed by atoms with Crippen LogP contribution >= 0.6 is 0 Å². The molecule has 0 aliphatic carbocycles. The highest BCUT2D eigenvalue weighted by molar-refractivity contribution is 5.71. The van der Waals surface area contributed by atoms with Gasteiger partial charge >= 0.3 is 11.6 Å². The van der Waals surface area contributed by atoms with Crippen molar-refractivity contribution in [1.29, 1.82) is 0 Å². The zero-order chi connectivity index (χ0) is 11.1. The maximum Gasteiger partial charge on any atom is 0.351 e. The fraction of sp³-hybridized carbons (Fsp3) is 0.455. The van der Waals surface area contributed by atoms with Gasteiger partial charge in [-0.3, -0.25) is 4.57 Å². The summed E-state index contributed by atoms with van der Waals surface area (Å²) >= 11 is 0. The number of pyridine rings is 1. The molecule has 1 aliphatic heterocycles. The average molecular weight is 218 g/mol. The third-order valence-electron chi connectivity index (χ3n) is 3.25. The first-order valence-electron chi connectivity index (χ1n) is 5.60. The van der Waals surface area contributed by atoms with E-state index in [1.54, 1.807) is 0 Å². The number of hydrogen-bond acceptors (Lipinski definition) is 3. The van der Waals surface area contributed by atoms with Crippen molar-refractivity contribution in [3.05, 3.63) is 18.3 Å². The molecule has 0 radical (unpaired) electrons. The van der Waals surface area contributed by atoms with Crippen molar-refractivity contribution < 1.29 is 4.57 Å². The highest BCUT2D eigenvalue weighted by atomic mass is 15.2. The summed E-state index contributed by atoms with van der Waals surface area (Å²) in [5.41, 5.74) is 8.09. The molecule has 0 aromatic carbocycles. The maximum absolute atomic E-state index is 6.01. The smallest absolute Gasteiger partial charge is 0.348 e. The number of nitrogens with zero attached hydrogens (tertiary/aromatic N) is 3. The molecule has 0 bridgehead atoms. The molecule has 1 unspecified atom stereocenters. The maximum atomic E-state index is 6.01. The first-order chi connectivity index (χ1) is 7.77. The minimum Gasteiger partial charge on any atom is -0.348 e. The quantitative estimate of drug-likeness (QED) is 0.661. The number of hydrogen-bond donors (Lipinski definition) is 2. The molecule has 3 heterocycles. The zero-order valence-electron chi connectivity index (χ0n) is 9.35. The van der Waals surface area contributed by atoms with Crippen LogP contribution in [0.2, 0.25) is 0 Å². The van der Waals surface area contributed by atoms with Gasteiger partial charge in [-0.2, -0.15) is 0 Å². The zero-order valence-corrected chi connectivity index (χ0v) is 9.35. The Balaban J connectivity index is 2.22. The van der Waals surface area contributed by atoms with Gasteiger partial charge in [-0.1, -0.05) is 0 Å². The molecule has 0 saturated carbocycles. The number of anilines is 1. The molecular weight excluding hydrogens is 202 g/mol. The molecule has 1 fully saturated rings. The predicted molar refractivity (Wildman–Crippen MR) is 61.8 cm³/mol. The SMILES string of the molecule is C[n+]1cccc2c1nc(N)n2C1CCNC1. The molecular formula is C11H16N5+. The summed E-state index contributed by atoms with van der Waals surface area (Å²) in [6.45, 7) is 2.04. The van der Waals surface area contributed by atoms with E-state index in [2.05, 4.69) is 20.9 Å². The molecule has 16 heavy (non-hydrogen) atoms. The molecule has 0 amide bonds. The number of aryl methyl sites for hydroxylation is 1. The van der Waals surface area contributed by atoms with E-state index in [-0.39, 0.29) is 0 Å². The Kier molecular flexibility index (Phi) is 2.07. The molecule has 2 aromatic heterocycles. The van der Waals surface area contributed by atoms with Gasteiger partial charge in [-0.25, -0.2) is 4.57 Å². The number of aromatic nitrogens is 3. The first-order valence-corrected chi connectivity index (χ1v) is 5.60. The van der Waals surface area contributed by atoms with Crippen LogP contribution in [0.15, 0.2) is 18.3 Å². The Morgan fingerprint density at radius 1 is 1.62 bits per heavy atom. The van der Waals surface area contributed by atoms with E-state index in [4.69, 9.17) is 5.73 Å². The second-order valence-corrected chi connectivity index (χ2v) is 4.31. The summed E-state index contributed by atoms with van der Waals surface area (Å²) in [6.07, 6.45) is 3.11. The third kappa shape index (κ3) is 1.28. The van der Waals surface area contributed by atoms with E-state index in [1.807, 2.05) is 23.9 Å². The number of imidazole rings is 1. The van der Waals surface area contributed by atoms with Crippen molar-refractivity contribution in [3.63, 3.8) is 0 Å². The Bertz CT molecular complexity index is 524. The van der Waals surface area contributed by atoms with Crippen LogP contribution in [0.3, 0.4) is 0 Å². The summed E-state index contributed by atoms with van der Waals surface area (Å²) in [4.78, 5) is 4.43. The highest BCUT2D eigenvalue weighted by Gasteiger charge is 2.25. The fourth-order valence-corrected chi connectivity index (χ4v) is 2.44. The molecule has 1 atom stereocenters. The minimum atomic E-state index is 0.437. The van der Waals surface area contributed by atoms with Crippen molar-refractivity contribution in [2.24, 2.45) is 7.05 Å². The Labute approximate surface area is 93.9 Å². The third-order valence-corrected chi connectivity index (χ3v) is 3.25. The van der Waals surface area contributed by atoms with Crippen LogP contribution in [0.4, 0.5) is 5.95 Å². The lowest BCUT2D eigenvalue weighted by atomic mass is 10.2. The van der Waals surface area contributed by atoms with Gasteiger partial charge in [-0.05, 0) is 30.1 Å². The van der Waals surface area contributed by atoms with E-state index >= 15 is 0 Å². The second-order valence-electron chi connectivity index (χ2n) is 4.31. The van der Waals surface area contributed by atoms with Gasteiger partial charge in [0, 0.05) is 6.54 Å². The average Bonchev–Trinajstić information content (AvgIpc) is 2.85. The number of nitrogen functional groups attached to an aromatic ring is 1. The van der Waals surface area contributed by atoms with Crippen LogP contribution in [0.1, 0.15) is 12.5 Å². The van der Waals surface area contributed by atoms with Crippen molar-refractivity contribution in [2.75, 3.05) is 18.8 Å². The summed E-state index contributed by atoms with van der Waals surface area (Å²) < 4.78 is 4.15.